The Kier molecular flexibility index (Phi) is 4.58. The van der Waals surface area contributed by atoms with E-state index in [1.807, 2.05) is 0 Å². The molecule has 2 N–H and O–H groups in total. The number of hydrogen-bond acceptors (Lipinski definition) is 4. The van der Waals surface area contributed by atoms with Crippen molar-refractivity contribution in [2.75, 3.05) is 6.61 Å². The standard InChI is InChI=1S/C10H10F3NO3S/c1-5(4-15)18-8-6(9(16)17)2-3-7(14-8)10(11,12)13/h2-3,5,15H,4H2,1H3,(H,16,17). The lowest BCUT2D eigenvalue weighted by Crippen LogP contribution is -2.13. The van der Waals surface area contributed by atoms with Gasteiger partial charge in [-0.1, -0.05) is 6.92 Å². The van der Waals surface area contributed by atoms with Gasteiger partial charge < -0.3 is 10.2 Å². The van der Waals surface area contributed by atoms with E-state index in [2.05, 4.69) is 4.98 Å². The summed E-state index contributed by atoms with van der Waals surface area (Å²) in [5.74, 6) is -1.36. The van der Waals surface area contributed by atoms with Crippen LogP contribution in [0.5, 0.6) is 0 Å². The van der Waals surface area contributed by atoms with Gasteiger partial charge in [-0.25, -0.2) is 9.78 Å². The number of aliphatic hydroxyl groups is 1. The molecule has 0 spiro atoms. The summed E-state index contributed by atoms with van der Waals surface area (Å²) >= 11 is 0.787. The minimum atomic E-state index is -4.63. The van der Waals surface area contributed by atoms with Crippen molar-refractivity contribution in [2.45, 2.75) is 23.4 Å². The predicted octanol–water partition coefficient (Wildman–Crippen LogP) is 2.27. The number of aliphatic hydroxyl groups excluding tert-OH is 1. The largest absolute Gasteiger partial charge is 0.478 e. The van der Waals surface area contributed by atoms with Gasteiger partial charge in [-0.2, -0.15) is 13.2 Å². The Hall–Kier alpha value is -1.28. The van der Waals surface area contributed by atoms with Gasteiger partial charge in [0.2, 0.25) is 0 Å². The normalized spacial score (nSPS) is 13.4. The Bertz CT molecular complexity index is 450. The molecule has 0 aliphatic rings. The van der Waals surface area contributed by atoms with E-state index >= 15 is 0 Å². The van der Waals surface area contributed by atoms with Crippen LogP contribution in [0.15, 0.2) is 17.2 Å². The van der Waals surface area contributed by atoms with Crippen molar-refractivity contribution in [3.05, 3.63) is 23.4 Å². The predicted molar refractivity (Wildman–Crippen MR) is 58.6 cm³/mol. The fourth-order valence-electron chi connectivity index (χ4n) is 1.08. The summed E-state index contributed by atoms with van der Waals surface area (Å²) in [5.41, 5.74) is -1.46. The van der Waals surface area contributed by atoms with Crippen LogP contribution in [0.4, 0.5) is 13.2 Å². The van der Waals surface area contributed by atoms with Gasteiger partial charge in [0.25, 0.3) is 0 Å². The summed E-state index contributed by atoms with van der Waals surface area (Å²) in [6.45, 7) is 1.26. The number of hydrogen-bond donors (Lipinski definition) is 2. The third kappa shape index (κ3) is 3.61. The molecule has 0 amide bonds. The maximum Gasteiger partial charge on any atom is 0.433 e. The van der Waals surface area contributed by atoms with Crippen LogP contribution in [0.2, 0.25) is 0 Å². The molecular formula is C10H10F3NO3S. The first-order valence-electron chi connectivity index (χ1n) is 4.84. The van der Waals surface area contributed by atoms with Crippen LogP contribution in [-0.2, 0) is 6.18 Å². The number of aromatic nitrogens is 1. The lowest BCUT2D eigenvalue weighted by molar-refractivity contribution is -0.141. The van der Waals surface area contributed by atoms with Crippen molar-refractivity contribution in [1.82, 2.24) is 4.98 Å². The second kappa shape index (κ2) is 5.57. The Labute approximate surface area is 105 Å². The summed E-state index contributed by atoms with van der Waals surface area (Å²) in [7, 11) is 0. The highest BCUT2D eigenvalue weighted by Gasteiger charge is 2.33. The molecule has 1 unspecified atom stereocenters. The second-order valence-corrected chi connectivity index (χ2v) is 4.89. The van der Waals surface area contributed by atoms with E-state index in [-0.39, 0.29) is 17.2 Å². The summed E-state index contributed by atoms with van der Waals surface area (Å²) in [5, 5.41) is 17.0. The zero-order valence-corrected chi connectivity index (χ0v) is 10.0. The molecule has 0 aromatic carbocycles. The zero-order chi connectivity index (χ0) is 13.9. The molecule has 0 radical (unpaired) electrons. The number of alkyl halides is 3. The van der Waals surface area contributed by atoms with Gasteiger partial charge in [-0.3, -0.25) is 0 Å². The number of nitrogens with zero attached hydrogens (tertiary/aromatic N) is 1. The van der Waals surface area contributed by atoms with Crippen LogP contribution in [0.1, 0.15) is 23.0 Å². The molecule has 100 valence electrons. The van der Waals surface area contributed by atoms with Gasteiger partial charge >= 0.3 is 12.1 Å². The Balaban J connectivity index is 3.20. The van der Waals surface area contributed by atoms with Crippen molar-refractivity contribution in [1.29, 1.82) is 0 Å². The summed E-state index contributed by atoms with van der Waals surface area (Å²) in [4.78, 5) is 14.2. The molecule has 0 aliphatic carbocycles. The zero-order valence-electron chi connectivity index (χ0n) is 9.23. The van der Waals surface area contributed by atoms with E-state index in [4.69, 9.17) is 10.2 Å². The molecule has 8 heteroatoms. The lowest BCUT2D eigenvalue weighted by Gasteiger charge is -2.12. The molecule has 1 aromatic heterocycles. The molecule has 0 aliphatic heterocycles. The first-order valence-corrected chi connectivity index (χ1v) is 5.72. The molecule has 0 bridgehead atoms. The van der Waals surface area contributed by atoms with Gasteiger partial charge in [0.1, 0.15) is 10.7 Å². The third-order valence-electron chi connectivity index (χ3n) is 1.95. The number of carboxylic acids is 1. The SMILES string of the molecule is CC(CO)Sc1nc(C(F)(F)F)ccc1C(=O)O. The molecule has 1 aromatic rings. The number of aromatic carboxylic acids is 1. The van der Waals surface area contributed by atoms with Crippen molar-refractivity contribution < 1.29 is 28.2 Å². The minimum Gasteiger partial charge on any atom is -0.478 e. The summed E-state index contributed by atoms with van der Waals surface area (Å²) in [6.07, 6.45) is -4.63. The Morgan fingerprint density at radius 1 is 1.50 bits per heavy atom. The van der Waals surface area contributed by atoms with E-state index in [1.54, 1.807) is 6.92 Å². The fraction of sp³-hybridized carbons (Fsp3) is 0.400. The number of carboxylic acid groups (broad SMARTS) is 1. The highest BCUT2D eigenvalue weighted by molar-refractivity contribution is 7.99. The monoisotopic (exact) mass is 281 g/mol. The summed E-state index contributed by atoms with van der Waals surface area (Å²) < 4.78 is 37.4. The second-order valence-electron chi connectivity index (χ2n) is 3.46. The van der Waals surface area contributed by atoms with Gasteiger partial charge in [-0.15, -0.1) is 11.8 Å². The molecule has 1 heterocycles. The average molecular weight is 281 g/mol. The van der Waals surface area contributed by atoms with Gasteiger partial charge in [0.15, 0.2) is 0 Å². The molecule has 0 saturated carbocycles. The molecule has 0 saturated heterocycles. The minimum absolute atomic E-state index is 0.251. The van der Waals surface area contributed by atoms with Gasteiger partial charge in [0, 0.05) is 5.25 Å². The first-order chi connectivity index (χ1) is 8.25. The fourth-order valence-corrected chi connectivity index (χ4v) is 1.97. The maximum absolute atomic E-state index is 12.5. The lowest BCUT2D eigenvalue weighted by atomic mass is 10.2. The number of pyridine rings is 1. The quantitative estimate of drug-likeness (QED) is 0.828. The van der Waals surface area contributed by atoms with E-state index in [0.717, 1.165) is 17.8 Å². The smallest absolute Gasteiger partial charge is 0.433 e. The van der Waals surface area contributed by atoms with Crippen LogP contribution in [-0.4, -0.2) is 33.0 Å². The van der Waals surface area contributed by atoms with Gasteiger partial charge in [-0.05, 0) is 12.1 Å². The van der Waals surface area contributed by atoms with E-state index in [0.29, 0.717) is 6.07 Å². The molecule has 0 fully saturated rings. The molecule has 1 rings (SSSR count). The number of halogens is 3. The molecule has 18 heavy (non-hydrogen) atoms. The van der Waals surface area contributed by atoms with Crippen LogP contribution < -0.4 is 0 Å². The Morgan fingerprint density at radius 2 is 2.11 bits per heavy atom. The van der Waals surface area contributed by atoms with Crippen LogP contribution in [0, 0.1) is 0 Å². The van der Waals surface area contributed by atoms with E-state index < -0.39 is 23.1 Å². The Morgan fingerprint density at radius 3 is 2.56 bits per heavy atom. The first kappa shape index (κ1) is 14.8. The van der Waals surface area contributed by atoms with E-state index in [9.17, 15) is 18.0 Å². The molecular weight excluding hydrogens is 271 g/mol. The molecule has 4 nitrogen and oxygen atoms in total. The highest BCUT2D eigenvalue weighted by Crippen LogP contribution is 2.32. The number of thioether (sulfide) groups is 1. The number of carbonyl (C=O) groups is 1. The van der Waals surface area contributed by atoms with Crippen LogP contribution in [0.25, 0.3) is 0 Å². The van der Waals surface area contributed by atoms with Crippen molar-refractivity contribution in [3.8, 4) is 0 Å². The average Bonchev–Trinajstić information content (AvgIpc) is 2.27. The highest BCUT2D eigenvalue weighted by atomic mass is 32.2. The topological polar surface area (TPSA) is 70.4 Å². The molecule has 1 atom stereocenters. The van der Waals surface area contributed by atoms with Crippen molar-refractivity contribution in [3.63, 3.8) is 0 Å². The van der Waals surface area contributed by atoms with Gasteiger partial charge in [0.05, 0.1) is 12.2 Å². The van der Waals surface area contributed by atoms with Crippen molar-refractivity contribution in [2.24, 2.45) is 0 Å². The van der Waals surface area contributed by atoms with Crippen molar-refractivity contribution >= 4 is 17.7 Å². The summed E-state index contributed by atoms with van der Waals surface area (Å²) in [6, 6.07) is 1.49. The third-order valence-corrected chi connectivity index (χ3v) is 3.04. The maximum atomic E-state index is 12.5. The van der Waals surface area contributed by atoms with Crippen LogP contribution >= 0.6 is 11.8 Å². The number of rotatable bonds is 4. The van der Waals surface area contributed by atoms with E-state index in [1.165, 1.54) is 0 Å². The van der Waals surface area contributed by atoms with Crippen LogP contribution in [0.3, 0.4) is 0 Å².